The summed E-state index contributed by atoms with van der Waals surface area (Å²) in [7, 11) is 2.19. The molecule has 2 nitrogen and oxygen atoms in total. The zero-order valence-corrected chi connectivity index (χ0v) is 11.3. The lowest BCUT2D eigenvalue weighted by Crippen LogP contribution is -2.25. The Morgan fingerprint density at radius 3 is 2.29 bits per heavy atom. The highest BCUT2D eigenvalue weighted by molar-refractivity contribution is 5.28. The first-order chi connectivity index (χ1) is 8.19. The number of aromatic hydroxyl groups is 1. The van der Waals surface area contributed by atoms with Gasteiger partial charge >= 0.3 is 0 Å². The number of benzene rings is 1. The fourth-order valence-electron chi connectivity index (χ4n) is 2.27. The van der Waals surface area contributed by atoms with Crippen molar-refractivity contribution in [2.24, 2.45) is 0 Å². The van der Waals surface area contributed by atoms with Crippen LogP contribution in [0.3, 0.4) is 0 Å². The maximum Gasteiger partial charge on any atom is 0.115 e. The summed E-state index contributed by atoms with van der Waals surface area (Å²) < 4.78 is 0. The summed E-state index contributed by atoms with van der Waals surface area (Å²) in [5, 5.41) is 9.31. The summed E-state index contributed by atoms with van der Waals surface area (Å²) in [5.41, 5.74) is 1.30. The van der Waals surface area contributed by atoms with Gasteiger partial charge in [0.15, 0.2) is 0 Å². The molecule has 2 heteroatoms. The Labute approximate surface area is 105 Å². The number of rotatable bonds is 7. The predicted molar refractivity (Wildman–Crippen MR) is 73.3 cm³/mol. The SMILES string of the molecule is CCCCCN(C)C(CC)c1ccc(O)cc1. The highest BCUT2D eigenvalue weighted by atomic mass is 16.3. The molecular weight excluding hydrogens is 210 g/mol. The first-order valence-electron chi connectivity index (χ1n) is 6.68. The molecule has 1 rings (SSSR count). The lowest BCUT2D eigenvalue weighted by Gasteiger charge is -2.27. The summed E-state index contributed by atoms with van der Waals surface area (Å²) in [6.07, 6.45) is 4.94. The lowest BCUT2D eigenvalue weighted by atomic mass is 10.0. The van der Waals surface area contributed by atoms with Crippen molar-refractivity contribution in [3.8, 4) is 5.75 Å². The van der Waals surface area contributed by atoms with E-state index < -0.39 is 0 Å². The molecule has 0 saturated heterocycles. The summed E-state index contributed by atoms with van der Waals surface area (Å²) in [6.45, 7) is 5.60. The van der Waals surface area contributed by atoms with Crippen molar-refractivity contribution in [2.75, 3.05) is 13.6 Å². The van der Waals surface area contributed by atoms with Crippen molar-refractivity contribution in [1.29, 1.82) is 0 Å². The van der Waals surface area contributed by atoms with Crippen molar-refractivity contribution < 1.29 is 5.11 Å². The van der Waals surface area contributed by atoms with Gasteiger partial charge in [-0.15, -0.1) is 0 Å². The summed E-state index contributed by atoms with van der Waals surface area (Å²) >= 11 is 0. The van der Waals surface area contributed by atoms with Gasteiger partial charge in [0.05, 0.1) is 0 Å². The highest BCUT2D eigenvalue weighted by Gasteiger charge is 2.14. The van der Waals surface area contributed by atoms with Gasteiger partial charge in [-0.3, -0.25) is 4.90 Å². The first kappa shape index (κ1) is 14.0. The van der Waals surface area contributed by atoms with Gasteiger partial charge < -0.3 is 5.11 Å². The Hall–Kier alpha value is -1.02. The molecule has 0 aliphatic rings. The van der Waals surface area contributed by atoms with Gasteiger partial charge in [-0.05, 0) is 44.1 Å². The fourth-order valence-corrected chi connectivity index (χ4v) is 2.27. The zero-order chi connectivity index (χ0) is 12.7. The van der Waals surface area contributed by atoms with Gasteiger partial charge in [0, 0.05) is 6.04 Å². The molecule has 1 N–H and O–H groups in total. The molecule has 0 aromatic heterocycles. The van der Waals surface area contributed by atoms with Crippen LogP contribution in [-0.4, -0.2) is 23.6 Å². The van der Waals surface area contributed by atoms with Crippen LogP contribution >= 0.6 is 0 Å². The van der Waals surface area contributed by atoms with Gasteiger partial charge in [0.2, 0.25) is 0 Å². The number of nitrogens with zero attached hydrogens (tertiary/aromatic N) is 1. The molecule has 0 spiro atoms. The van der Waals surface area contributed by atoms with Gasteiger partial charge in [0.1, 0.15) is 5.75 Å². The molecule has 1 aromatic rings. The number of hydrogen-bond donors (Lipinski definition) is 1. The average molecular weight is 235 g/mol. The fraction of sp³-hybridized carbons (Fsp3) is 0.600. The molecule has 1 atom stereocenters. The maximum atomic E-state index is 9.31. The monoisotopic (exact) mass is 235 g/mol. The van der Waals surface area contributed by atoms with Crippen molar-refractivity contribution in [1.82, 2.24) is 4.90 Å². The predicted octanol–water partition coefficient (Wildman–Crippen LogP) is 3.97. The standard InChI is InChI=1S/C15H25NO/c1-4-6-7-12-16(3)15(5-2)13-8-10-14(17)11-9-13/h8-11,15,17H,4-7,12H2,1-3H3. The second-order valence-electron chi connectivity index (χ2n) is 4.70. The summed E-state index contributed by atoms with van der Waals surface area (Å²) in [6, 6.07) is 8.07. The minimum atomic E-state index is 0.345. The quantitative estimate of drug-likeness (QED) is 0.723. The molecule has 0 aliphatic heterocycles. The van der Waals surface area contributed by atoms with Crippen LogP contribution in [0.1, 0.15) is 51.1 Å². The molecule has 0 fully saturated rings. The molecule has 0 saturated carbocycles. The molecule has 17 heavy (non-hydrogen) atoms. The van der Waals surface area contributed by atoms with E-state index in [4.69, 9.17) is 0 Å². The number of hydrogen-bond acceptors (Lipinski definition) is 2. The van der Waals surface area contributed by atoms with E-state index in [1.165, 1.54) is 24.8 Å². The van der Waals surface area contributed by atoms with E-state index in [2.05, 4.69) is 25.8 Å². The third-order valence-corrected chi connectivity index (χ3v) is 3.31. The van der Waals surface area contributed by atoms with Crippen molar-refractivity contribution in [3.63, 3.8) is 0 Å². The van der Waals surface area contributed by atoms with Crippen LogP contribution in [0.15, 0.2) is 24.3 Å². The van der Waals surface area contributed by atoms with E-state index in [0.717, 1.165) is 13.0 Å². The molecule has 0 aliphatic carbocycles. The van der Waals surface area contributed by atoms with E-state index in [9.17, 15) is 5.11 Å². The Kier molecular flexibility index (Phi) is 6.06. The van der Waals surface area contributed by atoms with Gasteiger partial charge in [0.25, 0.3) is 0 Å². The van der Waals surface area contributed by atoms with E-state index in [0.29, 0.717) is 11.8 Å². The molecule has 0 amide bonds. The Morgan fingerprint density at radius 2 is 1.76 bits per heavy atom. The Morgan fingerprint density at radius 1 is 1.12 bits per heavy atom. The average Bonchev–Trinajstić information content (AvgIpc) is 2.33. The molecule has 1 aromatic carbocycles. The van der Waals surface area contributed by atoms with Gasteiger partial charge in [-0.2, -0.15) is 0 Å². The minimum Gasteiger partial charge on any atom is -0.508 e. The molecular formula is C15H25NO. The van der Waals surface area contributed by atoms with Gasteiger partial charge in [-0.1, -0.05) is 38.8 Å². The first-order valence-corrected chi connectivity index (χ1v) is 6.68. The molecule has 0 heterocycles. The largest absolute Gasteiger partial charge is 0.508 e. The second-order valence-corrected chi connectivity index (χ2v) is 4.70. The smallest absolute Gasteiger partial charge is 0.115 e. The van der Waals surface area contributed by atoms with E-state index in [1.807, 2.05) is 12.1 Å². The van der Waals surface area contributed by atoms with Gasteiger partial charge in [-0.25, -0.2) is 0 Å². The van der Waals surface area contributed by atoms with Crippen molar-refractivity contribution in [3.05, 3.63) is 29.8 Å². The van der Waals surface area contributed by atoms with Crippen LogP contribution < -0.4 is 0 Å². The normalized spacial score (nSPS) is 12.9. The topological polar surface area (TPSA) is 23.5 Å². The van der Waals surface area contributed by atoms with Crippen LogP contribution in [0.2, 0.25) is 0 Å². The van der Waals surface area contributed by atoms with Crippen molar-refractivity contribution >= 4 is 0 Å². The number of unbranched alkanes of at least 4 members (excludes halogenated alkanes) is 2. The van der Waals surface area contributed by atoms with E-state index >= 15 is 0 Å². The molecule has 96 valence electrons. The summed E-state index contributed by atoms with van der Waals surface area (Å²) in [4.78, 5) is 2.42. The van der Waals surface area contributed by atoms with Crippen LogP contribution in [0.5, 0.6) is 5.75 Å². The zero-order valence-electron chi connectivity index (χ0n) is 11.3. The highest BCUT2D eigenvalue weighted by Crippen LogP contribution is 2.24. The maximum absolute atomic E-state index is 9.31. The lowest BCUT2D eigenvalue weighted by molar-refractivity contribution is 0.234. The molecule has 0 radical (unpaired) electrons. The van der Waals surface area contributed by atoms with Crippen molar-refractivity contribution in [2.45, 2.75) is 45.6 Å². The molecule has 1 unspecified atom stereocenters. The number of phenols is 1. The molecule has 0 bridgehead atoms. The minimum absolute atomic E-state index is 0.345. The third-order valence-electron chi connectivity index (χ3n) is 3.31. The Bertz CT molecular complexity index is 307. The Balaban J connectivity index is 2.60. The number of phenolic OH excluding ortho intramolecular Hbond substituents is 1. The second kappa shape index (κ2) is 7.33. The van der Waals surface area contributed by atoms with E-state index in [-0.39, 0.29) is 0 Å². The van der Waals surface area contributed by atoms with Crippen LogP contribution in [0.4, 0.5) is 0 Å². The van der Waals surface area contributed by atoms with Crippen LogP contribution in [0, 0.1) is 0 Å². The third kappa shape index (κ3) is 4.39. The van der Waals surface area contributed by atoms with E-state index in [1.54, 1.807) is 12.1 Å². The summed E-state index contributed by atoms with van der Waals surface area (Å²) in [5.74, 6) is 0.345. The van der Waals surface area contributed by atoms with Crippen LogP contribution in [0.25, 0.3) is 0 Å². The van der Waals surface area contributed by atoms with Crippen LogP contribution in [-0.2, 0) is 0 Å².